The Balaban J connectivity index is 1.76. The second-order valence-electron chi connectivity index (χ2n) is 5.59. The minimum atomic E-state index is 0.583. The van der Waals surface area contributed by atoms with Gasteiger partial charge in [0, 0.05) is 37.4 Å². The van der Waals surface area contributed by atoms with E-state index in [1.54, 1.807) is 0 Å². The first-order valence-electron chi connectivity index (χ1n) is 7.28. The standard InChI is InChI=1S/C16H17N5/c1-12-9-15-16(18-7-8-21(15)19-12)20(14-4-5-14)11-13-3-2-6-17-10-13/h2-3,6-10,14H,4-5,11H2,1H3. The number of aromatic nitrogens is 4. The van der Waals surface area contributed by atoms with Gasteiger partial charge in [-0.2, -0.15) is 5.10 Å². The van der Waals surface area contributed by atoms with Gasteiger partial charge in [-0.1, -0.05) is 6.07 Å². The second kappa shape index (κ2) is 4.84. The molecule has 0 aliphatic heterocycles. The molecule has 0 aromatic carbocycles. The molecule has 0 saturated heterocycles. The Morgan fingerprint density at radius 1 is 1.33 bits per heavy atom. The molecule has 0 spiro atoms. The molecule has 0 radical (unpaired) electrons. The smallest absolute Gasteiger partial charge is 0.155 e. The molecule has 4 rings (SSSR count). The number of rotatable bonds is 4. The van der Waals surface area contributed by atoms with E-state index in [0.717, 1.165) is 23.6 Å². The van der Waals surface area contributed by atoms with Crippen molar-refractivity contribution < 1.29 is 0 Å². The molecule has 5 heteroatoms. The average Bonchev–Trinajstić information content (AvgIpc) is 3.26. The molecule has 0 N–H and O–H groups in total. The summed E-state index contributed by atoms with van der Waals surface area (Å²) in [6.07, 6.45) is 9.93. The summed E-state index contributed by atoms with van der Waals surface area (Å²) in [5.74, 6) is 1.02. The Morgan fingerprint density at radius 3 is 3.00 bits per heavy atom. The summed E-state index contributed by atoms with van der Waals surface area (Å²) in [6, 6.07) is 6.78. The van der Waals surface area contributed by atoms with Crippen molar-refractivity contribution in [3.63, 3.8) is 0 Å². The molecule has 1 saturated carbocycles. The van der Waals surface area contributed by atoms with Crippen LogP contribution in [0.4, 0.5) is 5.82 Å². The van der Waals surface area contributed by atoms with E-state index in [0.29, 0.717) is 6.04 Å². The average molecular weight is 279 g/mol. The maximum atomic E-state index is 4.62. The molecule has 0 atom stereocenters. The molecule has 0 bridgehead atoms. The molecule has 0 amide bonds. The van der Waals surface area contributed by atoms with E-state index in [1.807, 2.05) is 42.3 Å². The molecule has 1 aliphatic rings. The highest BCUT2D eigenvalue weighted by Gasteiger charge is 2.31. The highest BCUT2D eigenvalue weighted by atomic mass is 15.3. The summed E-state index contributed by atoms with van der Waals surface area (Å²) < 4.78 is 1.91. The highest BCUT2D eigenvalue weighted by molar-refractivity contribution is 5.69. The summed E-state index contributed by atoms with van der Waals surface area (Å²) in [4.78, 5) is 11.2. The van der Waals surface area contributed by atoms with Crippen LogP contribution in [-0.2, 0) is 6.54 Å². The maximum absolute atomic E-state index is 4.62. The lowest BCUT2D eigenvalue weighted by atomic mass is 10.2. The first kappa shape index (κ1) is 12.3. The van der Waals surface area contributed by atoms with Crippen molar-refractivity contribution >= 4 is 11.3 Å². The number of hydrogen-bond acceptors (Lipinski definition) is 4. The van der Waals surface area contributed by atoms with Gasteiger partial charge in [-0.15, -0.1) is 0 Å². The third-order valence-electron chi connectivity index (χ3n) is 3.83. The first-order valence-corrected chi connectivity index (χ1v) is 7.28. The fourth-order valence-corrected chi connectivity index (χ4v) is 2.70. The Hall–Kier alpha value is -2.43. The van der Waals surface area contributed by atoms with Crippen molar-refractivity contribution in [1.29, 1.82) is 0 Å². The number of aryl methyl sites for hydroxylation is 1. The molecular formula is C16H17N5. The van der Waals surface area contributed by atoms with Crippen molar-refractivity contribution in [3.8, 4) is 0 Å². The zero-order valence-corrected chi connectivity index (χ0v) is 12.0. The van der Waals surface area contributed by atoms with Gasteiger partial charge in [0.1, 0.15) is 5.52 Å². The van der Waals surface area contributed by atoms with E-state index in [9.17, 15) is 0 Å². The van der Waals surface area contributed by atoms with Crippen LogP contribution >= 0.6 is 0 Å². The van der Waals surface area contributed by atoms with Crippen LogP contribution in [0.1, 0.15) is 24.1 Å². The van der Waals surface area contributed by atoms with Gasteiger partial charge in [0.2, 0.25) is 0 Å². The van der Waals surface area contributed by atoms with E-state index < -0.39 is 0 Å². The lowest BCUT2D eigenvalue weighted by molar-refractivity contribution is 0.772. The van der Waals surface area contributed by atoms with Gasteiger partial charge in [0.15, 0.2) is 5.82 Å². The van der Waals surface area contributed by atoms with Crippen LogP contribution in [0.15, 0.2) is 43.0 Å². The third-order valence-corrected chi connectivity index (χ3v) is 3.83. The molecule has 3 heterocycles. The Morgan fingerprint density at radius 2 is 2.24 bits per heavy atom. The van der Waals surface area contributed by atoms with E-state index in [2.05, 4.69) is 32.1 Å². The lowest BCUT2D eigenvalue weighted by Gasteiger charge is -2.24. The predicted octanol–water partition coefficient (Wildman–Crippen LogP) is 2.60. The van der Waals surface area contributed by atoms with Crippen molar-refractivity contribution in [2.45, 2.75) is 32.4 Å². The molecule has 21 heavy (non-hydrogen) atoms. The van der Waals surface area contributed by atoms with Crippen LogP contribution in [0.2, 0.25) is 0 Å². The van der Waals surface area contributed by atoms with Crippen LogP contribution in [0.3, 0.4) is 0 Å². The Bertz CT molecular complexity index is 761. The third kappa shape index (κ3) is 2.35. The number of pyridine rings is 1. The van der Waals surface area contributed by atoms with Gasteiger partial charge >= 0.3 is 0 Å². The minimum Gasteiger partial charge on any atom is -0.347 e. The number of nitrogens with zero attached hydrogens (tertiary/aromatic N) is 5. The number of anilines is 1. The number of fused-ring (bicyclic) bond motifs is 1. The molecule has 1 fully saturated rings. The van der Waals surface area contributed by atoms with Crippen LogP contribution in [-0.4, -0.2) is 25.6 Å². The SMILES string of the molecule is Cc1cc2c(N(Cc3cccnc3)C3CC3)nccn2n1. The van der Waals surface area contributed by atoms with Gasteiger partial charge in [-0.3, -0.25) is 4.98 Å². The van der Waals surface area contributed by atoms with Crippen LogP contribution in [0.5, 0.6) is 0 Å². The van der Waals surface area contributed by atoms with Crippen molar-refractivity contribution in [2.24, 2.45) is 0 Å². The maximum Gasteiger partial charge on any atom is 0.155 e. The van der Waals surface area contributed by atoms with Gasteiger partial charge in [-0.25, -0.2) is 9.50 Å². The van der Waals surface area contributed by atoms with Crippen molar-refractivity contribution in [2.75, 3.05) is 4.90 Å². The molecule has 3 aromatic rings. The van der Waals surface area contributed by atoms with Gasteiger partial charge in [0.25, 0.3) is 0 Å². The van der Waals surface area contributed by atoms with Gasteiger partial charge in [0.05, 0.1) is 5.69 Å². The first-order chi connectivity index (χ1) is 10.3. The quantitative estimate of drug-likeness (QED) is 0.736. The molecule has 106 valence electrons. The van der Waals surface area contributed by atoms with E-state index >= 15 is 0 Å². The fourth-order valence-electron chi connectivity index (χ4n) is 2.70. The largest absolute Gasteiger partial charge is 0.347 e. The lowest BCUT2D eigenvalue weighted by Crippen LogP contribution is -2.26. The van der Waals surface area contributed by atoms with Crippen molar-refractivity contribution in [1.82, 2.24) is 19.6 Å². The van der Waals surface area contributed by atoms with Crippen LogP contribution in [0, 0.1) is 6.92 Å². The second-order valence-corrected chi connectivity index (χ2v) is 5.59. The molecular weight excluding hydrogens is 262 g/mol. The molecule has 5 nitrogen and oxygen atoms in total. The van der Waals surface area contributed by atoms with Crippen LogP contribution in [0.25, 0.3) is 5.52 Å². The van der Waals surface area contributed by atoms with E-state index in [-0.39, 0.29) is 0 Å². The summed E-state index contributed by atoms with van der Waals surface area (Å²) in [7, 11) is 0. The number of hydrogen-bond donors (Lipinski definition) is 0. The van der Waals surface area contributed by atoms with E-state index in [4.69, 9.17) is 0 Å². The normalized spacial score (nSPS) is 14.5. The molecule has 3 aromatic heterocycles. The summed E-state index contributed by atoms with van der Waals surface area (Å²) in [5.41, 5.74) is 3.30. The molecule has 1 aliphatic carbocycles. The zero-order chi connectivity index (χ0) is 14.2. The molecule has 0 unspecified atom stereocenters. The Labute approximate surface area is 123 Å². The summed E-state index contributed by atoms with van der Waals surface area (Å²) in [6.45, 7) is 2.86. The van der Waals surface area contributed by atoms with Crippen LogP contribution < -0.4 is 4.90 Å². The summed E-state index contributed by atoms with van der Waals surface area (Å²) in [5, 5.41) is 4.48. The zero-order valence-electron chi connectivity index (χ0n) is 12.0. The monoisotopic (exact) mass is 279 g/mol. The minimum absolute atomic E-state index is 0.583. The van der Waals surface area contributed by atoms with E-state index in [1.165, 1.54) is 18.4 Å². The Kier molecular flexibility index (Phi) is 2.84. The fraction of sp³-hybridized carbons (Fsp3) is 0.312. The van der Waals surface area contributed by atoms with Gasteiger partial charge in [-0.05, 0) is 37.5 Å². The highest BCUT2D eigenvalue weighted by Crippen LogP contribution is 2.34. The summed E-state index contributed by atoms with van der Waals surface area (Å²) >= 11 is 0. The van der Waals surface area contributed by atoms with Gasteiger partial charge < -0.3 is 4.90 Å². The predicted molar refractivity (Wildman–Crippen MR) is 81.2 cm³/mol. The topological polar surface area (TPSA) is 46.3 Å². The van der Waals surface area contributed by atoms with Crippen molar-refractivity contribution in [3.05, 3.63) is 54.2 Å².